The van der Waals surface area contributed by atoms with E-state index in [1.807, 2.05) is 36.6 Å². The third-order valence-corrected chi connectivity index (χ3v) is 3.73. The van der Waals surface area contributed by atoms with Gasteiger partial charge in [-0.2, -0.15) is 12.6 Å². The molecule has 5 heteroatoms. The van der Waals surface area contributed by atoms with Gasteiger partial charge in [0.15, 0.2) is 0 Å². The molecule has 108 valence electrons. The topological polar surface area (TPSA) is 46.9 Å². The number of nitrogens with zero attached hydrogens (tertiary/aromatic N) is 2. The number of rotatable bonds is 5. The lowest BCUT2D eigenvalue weighted by atomic mass is 10.2. The molecule has 0 aliphatic rings. The van der Waals surface area contributed by atoms with Crippen LogP contribution in [-0.4, -0.2) is 21.5 Å². The van der Waals surface area contributed by atoms with E-state index >= 15 is 0 Å². The van der Waals surface area contributed by atoms with Gasteiger partial charge < -0.3 is 9.88 Å². The maximum absolute atomic E-state index is 12.1. The number of imidazole rings is 1. The van der Waals surface area contributed by atoms with Crippen LogP contribution in [0.5, 0.6) is 0 Å². The average molecular weight is 291 g/mol. The van der Waals surface area contributed by atoms with Gasteiger partial charge in [-0.25, -0.2) is 4.98 Å². The number of nitrogens with one attached hydrogen (secondary N) is 1. The molecule has 1 aromatic carbocycles. The molecule has 1 atom stereocenters. The van der Waals surface area contributed by atoms with Gasteiger partial charge >= 0.3 is 0 Å². The van der Waals surface area contributed by atoms with Crippen LogP contribution in [0.25, 0.3) is 11.0 Å². The molecule has 0 bridgehead atoms. The number of benzene rings is 1. The van der Waals surface area contributed by atoms with Gasteiger partial charge in [-0.05, 0) is 38.0 Å². The van der Waals surface area contributed by atoms with E-state index in [-0.39, 0.29) is 11.9 Å². The van der Waals surface area contributed by atoms with Gasteiger partial charge in [-0.1, -0.05) is 13.0 Å². The largest absolute Gasteiger partial charge is 0.352 e. The first-order chi connectivity index (χ1) is 9.55. The predicted octanol–water partition coefficient (Wildman–Crippen LogP) is 2.69. The monoisotopic (exact) mass is 291 g/mol. The predicted molar refractivity (Wildman–Crippen MR) is 85.1 cm³/mol. The van der Waals surface area contributed by atoms with Crippen LogP contribution < -0.4 is 5.32 Å². The zero-order valence-corrected chi connectivity index (χ0v) is 13.1. The van der Waals surface area contributed by atoms with Crippen molar-refractivity contribution in [3.05, 3.63) is 29.6 Å². The van der Waals surface area contributed by atoms with Gasteiger partial charge in [0.2, 0.25) is 5.91 Å². The number of aromatic nitrogens is 2. The van der Waals surface area contributed by atoms with Crippen LogP contribution in [0.4, 0.5) is 0 Å². The molecule has 1 unspecified atom stereocenters. The third-order valence-electron chi connectivity index (χ3n) is 3.45. The molecule has 1 aromatic heterocycles. The molecule has 0 radical (unpaired) electrons. The Kier molecular flexibility index (Phi) is 4.70. The number of thiol groups is 1. The summed E-state index contributed by atoms with van der Waals surface area (Å²) in [4.78, 5) is 16.6. The van der Waals surface area contributed by atoms with Crippen molar-refractivity contribution in [2.24, 2.45) is 0 Å². The maximum atomic E-state index is 12.1. The second kappa shape index (κ2) is 6.31. The molecule has 2 aromatic rings. The average Bonchev–Trinajstić information content (AvgIpc) is 2.75. The van der Waals surface area contributed by atoms with Gasteiger partial charge in [0.05, 0.1) is 11.0 Å². The molecule has 2 rings (SSSR count). The molecule has 0 aliphatic heterocycles. The highest BCUT2D eigenvalue weighted by Crippen LogP contribution is 2.18. The Morgan fingerprint density at radius 3 is 2.90 bits per heavy atom. The van der Waals surface area contributed by atoms with Crippen molar-refractivity contribution < 1.29 is 4.79 Å². The number of amides is 1. The van der Waals surface area contributed by atoms with Gasteiger partial charge in [0.1, 0.15) is 12.4 Å². The maximum Gasteiger partial charge on any atom is 0.240 e. The summed E-state index contributed by atoms with van der Waals surface area (Å²) in [5.41, 5.74) is 3.07. The van der Waals surface area contributed by atoms with Crippen LogP contribution in [0.1, 0.15) is 31.7 Å². The van der Waals surface area contributed by atoms with Crippen LogP contribution in [0.15, 0.2) is 18.2 Å². The van der Waals surface area contributed by atoms with Crippen LogP contribution in [0.2, 0.25) is 0 Å². The number of hydrogen-bond donors (Lipinski definition) is 2. The van der Waals surface area contributed by atoms with E-state index in [0.717, 1.165) is 28.8 Å². The summed E-state index contributed by atoms with van der Waals surface area (Å²) in [5, 5.41) is 2.98. The van der Waals surface area contributed by atoms with Crippen LogP contribution in [-0.2, 0) is 17.1 Å². The molecule has 0 saturated carbocycles. The number of carbonyl (C=O) groups is 1. The first-order valence-corrected chi connectivity index (χ1v) is 7.54. The van der Waals surface area contributed by atoms with Crippen molar-refractivity contribution >= 4 is 29.6 Å². The normalized spacial score (nSPS) is 12.6. The highest BCUT2D eigenvalue weighted by molar-refractivity contribution is 7.79. The lowest BCUT2D eigenvalue weighted by molar-refractivity contribution is -0.122. The van der Waals surface area contributed by atoms with E-state index in [1.165, 1.54) is 0 Å². The summed E-state index contributed by atoms with van der Waals surface area (Å²) in [5.74, 6) is 1.36. The number of aryl methyl sites for hydroxylation is 1. The van der Waals surface area contributed by atoms with Gasteiger partial charge in [0.25, 0.3) is 0 Å². The summed E-state index contributed by atoms with van der Waals surface area (Å²) in [7, 11) is 0. The Labute approximate surface area is 125 Å². The number of hydrogen-bond acceptors (Lipinski definition) is 3. The molecular formula is C15H21N3OS. The first kappa shape index (κ1) is 14.9. The standard InChI is InChI=1S/C15H21N3OS/c1-4-11(3)16-15(19)8-18-13-6-5-10(2)7-12(13)17-14(18)9-20/h5-7,11,20H,4,8-9H2,1-3H3,(H,16,19). The molecule has 1 N–H and O–H groups in total. The third kappa shape index (κ3) is 3.15. The van der Waals surface area contributed by atoms with Crippen molar-refractivity contribution in [2.45, 2.75) is 45.5 Å². The molecule has 4 nitrogen and oxygen atoms in total. The van der Waals surface area contributed by atoms with Crippen LogP contribution in [0, 0.1) is 6.92 Å². The lowest BCUT2D eigenvalue weighted by Crippen LogP contribution is -2.34. The molecule has 0 fully saturated rings. The minimum Gasteiger partial charge on any atom is -0.352 e. The molecule has 1 amide bonds. The fourth-order valence-electron chi connectivity index (χ4n) is 2.15. The van der Waals surface area contributed by atoms with E-state index < -0.39 is 0 Å². The molecular weight excluding hydrogens is 270 g/mol. The minimum absolute atomic E-state index is 0.0160. The Bertz CT molecular complexity index is 621. The smallest absolute Gasteiger partial charge is 0.240 e. The van der Waals surface area contributed by atoms with Crippen molar-refractivity contribution in [3.63, 3.8) is 0 Å². The second-order valence-corrected chi connectivity index (χ2v) is 5.46. The SMILES string of the molecule is CCC(C)NC(=O)Cn1c(CS)nc2cc(C)ccc21. The van der Waals surface area contributed by atoms with Crippen molar-refractivity contribution in [1.82, 2.24) is 14.9 Å². The Hall–Kier alpha value is -1.49. The Morgan fingerprint density at radius 2 is 2.25 bits per heavy atom. The fourth-order valence-corrected chi connectivity index (χ4v) is 2.39. The van der Waals surface area contributed by atoms with E-state index in [1.54, 1.807) is 0 Å². The zero-order valence-electron chi connectivity index (χ0n) is 12.2. The molecule has 0 saturated heterocycles. The van der Waals surface area contributed by atoms with Gasteiger partial charge in [-0.15, -0.1) is 0 Å². The van der Waals surface area contributed by atoms with Gasteiger partial charge in [0, 0.05) is 11.8 Å². The molecule has 1 heterocycles. The van der Waals surface area contributed by atoms with E-state index in [2.05, 4.69) is 29.9 Å². The van der Waals surface area contributed by atoms with E-state index in [9.17, 15) is 4.79 Å². The molecule has 20 heavy (non-hydrogen) atoms. The van der Waals surface area contributed by atoms with Crippen molar-refractivity contribution in [3.8, 4) is 0 Å². The van der Waals surface area contributed by atoms with Crippen molar-refractivity contribution in [2.75, 3.05) is 0 Å². The summed E-state index contributed by atoms with van der Waals surface area (Å²) in [6, 6.07) is 6.28. The molecule has 0 aliphatic carbocycles. The van der Waals surface area contributed by atoms with E-state index in [0.29, 0.717) is 12.3 Å². The van der Waals surface area contributed by atoms with Crippen LogP contribution in [0.3, 0.4) is 0 Å². The van der Waals surface area contributed by atoms with E-state index in [4.69, 9.17) is 0 Å². The summed E-state index contributed by atoms with van der Waals surface area (Å²) in [6.07, 6.45) is 0.926. The fraction of sp³-hybridized carbons (Fsp3) is 0.467. The summed E-state index contributed by atoms with van der Waals surface area (Å²) in [6.45, 7) is 6.39. The highest BCUT2D eigenvalue weighted by Gasteiger charge is 2.13. The number of carbonyl (C=O) groups excluding carboxylic acids is 1. The van der Waals surface area contributed by atoms with Crippen molar-refractivity contribution in [1.29, 1.82) is 0 Å². The lowest BCUT2D eigenvalue weighted by Gasteiger charge is -2.13. The number of fused-ring (bicyclic) bond motifs is 1. The Balaban J connectivity index is 2.30. The summed E-state index contributed by atoms with van der Waals surface area (Å²) < 4.78 is 1.94. The summed E-state index contributed by atoms with van der Waals surface area (Å²) >= 11 is 4.31. The highest BCUT2D eigenvalue weighted by atomic mass is 32.1. The molecule has 0 spiro atoms. The quantitative estimate of drug-likeness (QED) is 0.832. The first-order valence-electron chi connectivity index (χ1n) is 6.91. The van der Waals surface area contributed by atoms with Gasteiger partial charge in [-0.3, -0.25) is 4.79 Å². The zero-order chi connectivity index (χ0) is 14.7. The van der Waals surface area contributed by atoms with Crippen LogP contribution >= 0.6 is 12.6 Å². The Morgan fingerprint density at radius 1 is 1.50 bits per heavy atom. The second-order valence-electron chi connectivity index (χ2n) is 5.14. The minimum atomic E-state index is 0.0160.